The smallest absolute Gasteiger partial charge is 0.326 e. The molecule has 2 aromatic rings. The van der Waals surface area contributed by atoms with E-state index in [1.54, 1.807) is 6.08 Å². The molecule has 0 aromatic heterocycles. The molecule has 0 spiro atoms. The number of amides is 1. The molecule has 0 bridgehead atoms. The van der Waals surface area contributed by atoms with E-state index in [0.717, 1.165) is 41.3 Å². The highest BCUT2D eigenvalue weighted by atomic mass is 35.5. The molecule has 0 aliphatic carbocycles. The lowest BCUT2D eigenvalue weighted by molar-refractivity contribution is -0.145. The van der Waals surface area contributed by atoms with Gasteiger partial charge in [0.1, 0.15) is 10.4 Å². The third kappa shape index (κ3) is 5.07. The monoisotopic (exact) mass is 445 g/mol. The van der Waals surface area contributed by atoms with Crippen molar-refractivity contribution in [1.82, 2.24) is 4.90 Å². The molecule has 0 unspecified atom stereocenters. The number of carboxylic acid groups (broad SMARTS) is 1. The average Bonchev–Trinajstić information content (AvgIpc) is 2.96. The number of rotatable bonds is 7. The number of hydrogen-bond donors (Lipinski definition) is 1. The van der Waals surface area contributed by atoms with Gasteiger partial charge in [0.25, 0.3) is 5.91 Å². The zero-order valence-electron chi connectivity index (χ0n) is 15.8. The van der Waals surface area contributed by atoms with Crippen LogP contribution in [0.4, 0.5) is 0 Å². The first-order valence-corrected chi connectivity index (χ1v) is 10.9. The fourth-order valence-corrected chi connectivity index (χ4v) is 4.65. The summed E-state index contributed by atoms with van der Waals surface area (Å²) in [5.41, 5.74) is 2.87. The Hall–Kier alpha value is -2.15. The van der Waals surface area contributed by atoms with Crippen LogP contribution in [0.5, 0.6) is 0 Å². The quantitative estimate of drug-likeness (QED) is 0.427. The van der Waals surface area contributed by atoms with Crippen molar-refractivity contribution in [3.8, 4) is 11.1 Å². The van der Waals surface area contributed by atoms with Gasteiger partial charge in [-0.1, -0.05) is 91.7 Å². The SMILES string of the molecule is CCCC[C@@H](C(=O)O)N1C(=O)/C(=C/c2ccc(-c3cccc(Cl)c3)cc2)SC1=S. The van der Waals surface area contributed by atoms with Crippen LogP contribution in [0.25, 0.3) is 17.2 Å². The Bertz CT molecular complexity index is 972. The lowest BCUT2D eigenvalue weighted by Gasteiger charge is -2.22. The first kappa shape index (κ1) is 21.6. The van der Waals surface area contributed by atoms with Gasteiger partial charge in [0.05, 0.1) is 4.91 Å². The molecule has 1 aliphatic rings. The minimum absolute atomic E-state index is 0.292. The summed E-state index contributed by atoms with van der Waals surface area (Å²) in [6, 6.07) is 14.4. The van der Waals surface area contributed by atoms with Crippen molar-refractivity contribution in [2.75, 3.05) is 0 Å². The van der Waals surface area contributed by atoms with Crippen LogP contribution in [0.3, 0.4) is 0 Å². The zero-order chi connectivity index (χ0) is 21.0. The normalized spacial score (nSPS) is 16.5. The molecule has 1 saturated heterocycles. The van der Waals surface area contributed by atoms with Crippen LogP contribution in [-0.4, -0.2) is 32.2 Å². The van der Waals surface area contributed by atoms with Crippen LogP contribution >= 0.6 is 35.6 Å². The van der Waals surface area contributed by atoms with Gasteiger partial charge in [-0.25, -0.2) is 4.79 Å². The van der Waals surface area contributed by atoms with Gasteiger partial charge in [-0.3, -0.25) is 9.69 Å². The molecule has 1 fully saturated rings. The van der Waals surface area contributed by atoms with Gasteiger partial charge in [-0.15, -0.1) is 0 Å². The van der Waals surface area contributed by atoms with E-state index in [-0.39, 0.29) is 5.91 Å². The molecule has 7 heteroatoms. The number of aliphatic carboxylic acids is 1. The van der Waals surface area contributed by atoms with Gasteiger partial charge in [-0.05, 0) is 41.3 Å². The van der Waals surface area contributed by atoms with Gasteiger partial charge < -0.3 is 5.11 Å². The second-order valence-electron chi connectivity index (χ2n) is 6.68. The third-order valence-corrected chi connectivity index (χ3v) is 6.18. The van der Waals surface area contributed by atoms with Crippen LogP contribution < -0.4 is 0 Å². The number of carboxylic acids is 1. The van der Waals surface area contributed by atoms with Crippen LogP contribution in [0.15, 0.2) is 53.4 Å². The summed E-state index contributed by atoms with van der Waals surface area (Å²) in [5, 5.41) is 10.2. The molecular weight excluding hydrogens is 426 g/mol. The largest absolute Gasteiger partial charge is 0.480 e. The zero-order valence-corrected chi connectivity index (χ0v) is 18.2. The average molecular weight is 446 g/mol. The molecule has 1 heterocycles. The summed E-state index contributed by atoms with van der Waals surface area (Å²) in [7, 11) is 0. The third-order valence-electron chi connectivity index (χ3n) is 4.62. The summed E-state index contributed by atoms with van der Waals surface area (Å²) in [5.74, 6) is -1.37. The fourth-order valence-electron chi connectivity index (χ4n) is 3.10. The summed E-state index contributed by atoms with van der Waals surface area (Å²) in [6.07, 6.45) is 3.71. The molecule has 150 valence electrons. The maximum absolute atomic E-state index is 12.8. The van der Waals surface area contributed by atoms with E-state index < -0.39 is 12.0 Å². The number of thioether (sulfide) groups is 1. The number of halogens is 1. The maximum Gasteiger partial charge on any atom is 0.326 e. The van der Waals surface area contributed by atoms with Crippen molar-refractivity contribution >= 4 is 57.9 Å². The first-order chi connectivity index (χ1) is 13.9. The standard InChI is InChI=1S/C22H20ClNO3S2/c1-2-3-7-18(21(26)27)24-20(25)19(29-22(24)28)12-14-8-10-15(11-9-14)16-5-4-6-17(23)13-16/h4-6,8-13,18H,2-3,7H2,1H3,(H,26,27)/b19-12-/t18-/m0/s1. The van der Waals surface area contributed by atoms with Gasteiger partial charge in [0.15, 0.2) is 0 Å². The van der Waals surface area contributed by atoms with E-state index in [4.69, 9.17) is 23.8 Å². The Labute approximate surface area is 184 Å². The van der Waals surface area contributed by atoms with Crippen LogP contribution in [0.1, 0.15) is 31.7 Å². The Morgan fingerprint density at radius 2 is 1.97 bits per heavy atom. The number of nitrogens with zero attached hydrogens (tertiary/aromatic N) is 1. The van der Waals surface area contributed by atoms with E-state index in [0.29, 0.717) is 20.7 Å². The molecule has 0 radical (unpaired) electrons. The van der Waals surface area contributed by atoms with Gasteiger partial charge in [0, 0.05) is 5.02 Å². The summed E-state index contributed by atoms with van der Waals surface area (Å²) in [4.78, 5) is 26.2. The lowest BCUT2D eigenvalue weighted by Crippen LogP contribution is -2.43. The number of thiocarbonyl (C=S) groups is 1. The van der Waals surface area contributed by atoms with Crippen molar-refractivity contribution in [2.45, 2.75) is 32.2 Å². The van der Waals surface area contributed by atoms with Crippen molar-refractivity contribution < 1.29 is 14.7 Å². The predicted molar refractivity (Wildman–Crippen MR) is 123 cm³/mol. The van der Waals surface area contributed by atoms with E-state index >= 15 is 0 Å². The Kier molecular flexibility index (Phi) is 7.11. The van der Waals surface area contributed by atoms with Crippen LogP contribution in [0.2, 0.25) is 5.02 Å². The van der Waals surface area contributed by atoms with E-state index in [1.807, 2.05) is 55.5 Å². The summed E-state index contributed by atoms with van der Waals surface area (Å²) < 4.78 is 0.292. The highest BCUT2D eigenvalue weighted by Gasteiger charge is 2.40. The van der Waals surface area contributed by atoms with Crippen molar-refractivity contribution in [2.24, 2.45) is 0 Å². The van der Waals surface area contributed by atoms with E-state index in [9.17, 15) is 14.7 Å². The van der Waals surface area contributed by atoms with Crippen LogP contribution in [0, 0.1) is 0 Å². The number of hydrogen-bond acceptors (Lipinski definition) is 4. The number of carbonyl (C=O) groups excluding carboxylic acids is 1. The van der Waals surface area contributed by atoms with Gasteiger partial charge in [0.2, 0.25) is 0 Å². The molecule has 1 aliphatic heterocycles. The first-order valence-electron chi connectivity index (χ1n) is 9.26. The van der Waals surface area contributed by atoms with Gasteiger partial charge in [-0.2, -0.15) is 0 Å². The molecule has 3 rings (SSSR count). The molecule has 1 N–H and O–H groups in total. The van der Waals surface area contributed by atoms with E-state index in [1.165, 1.54) is 4.90 Å². The number of unbranched alkanes of at least 4 members (excludes halogenated alkanes) is 1. The van der Waals surface area contributed by atoms with Crippen molar-refractivity contribution in [3.63, 3.8) is 0 Å². The van der Waals surface area contributed by atoms with Gasteiger partial charge >= 0.3 is 5.97 Å². The van der Waals surface area contributed by atoms with Crippen molar-refractivity contribution in [3.05, 3.63) is 64.0 Å². The molecule has 0 saturated carbocycles. The molecular formula is C22H20ClNO3S2. The van der Waals surface area contributed by atoms with Crippen LogP contribution in [-0.2, 0) is 9.59 Å². The fraction of sp³-hybridized carbons (Fsp3) is 0.227. The number of carbonyl (C=O) groups is 2. The predicted octanol–water partition coefficient (Wildman–Crippen LogP) is 5.85. The molecule has 1 atom stereocenters. The summed E-state index contributed by atoms with van der Waals surface area (Å²) >= 11 is 12.5. The molecule has 29 heavy (non-hydrogen) atoms. The second-order valence-corrected chi connectivity index (χ2v) is 8.79. The Balaban J connectivity index is 1.81. The molecule has 1 amide bonds. The highest BCUT2D eigenvalue weighted by Crippen LogP contribution is 2.35. The lowest BCUT2D eigenvalue weighted by atomic mass is 10.0. The Morgan fingerprint density at radius 1 is 1.24 bits per heavy atom. The molecule has 2 aromatic carbocycles. The van der Waals surface area contributed by atoms with E-state index in [2.05, 4.69) is 0 Å². The summed E-state index contributed by atoms with van der Waals surface area (Å²) in [6.45, 7) is 1.98. The topological polar surface area (TPSA) is 57.6 Å². The highest BCUT2D eigenvalue weighted by molar-refractivity contribution is 8.26. The Morgan fingerprint density at radius 3 is 2.59 bits per heavy atom. The minimum Gasteiger partial charge on any atom is -0.480 e. The molecule has 4 nitrogen and oxygen atoms in total. The minimum atomic E-state index is -1.03. The second kappa shape index (κ2) is 9.57. The van der Waals surface area contributed by atoms with Crippen molar-refractivity contribution in [1.29, 1.82) is 0 Å². The maximum atomic E-state index is 12.8. The number of benzene rings is 2.